The molecule has 1 N–H and O–H groups in total. The number of imidazole rings is 1. The summed E-state index contributed by atoms with van der Waals surface area (Å²) in [6.07, 6.45) is 4.62. The maximum atomic E-state index is 12.5. The predicted molar refractivity (Wildman–Crippen MR) is 101 cm³/mol. The lowest BCUT2D eigenvalue weighted by atomic mass is 10.3. The second-order valence-corrected chi connectivity index (χ2v) is 7.05. The van der Waals surface area contributed by atoms with Crippen molar-refractivity contribution in [2.75, 3.05) is 6.54 Å². The van der Waals surface area contributed by atoms with Crippen molar-refractivity contribution in [1.82, 2.24) is 19.7 Å². The molecule has 0 radical (unpaired) electrons. The number of carbonyl (C=O) groups is 1. The summed E-state index contributed by atoms with van der Waals surface area (Å²) in [5.74, 6) is 1.41. The molecule has 0 unspecified atom stereocenters. The summed E-state index contributed by atoms with van der Waals surface area (Å²) in [7, 11) is 0. The van der Waals surface area contributed by atoms with E-state index in [0.717, 1.165) is 22.1 Å². The molecule has 1 amide bonds. The average molecular weight is 366 g/mol. The Balaban J connectivity index is 1.41. The molecule has 0 aliphatic heterocycles. The van der Waals surface area contributed by atoms with Crippen molar-refractivity contribution >= 4 is 22.9 Å². The van der Waals surface area contributed by atoms with Gasteiger partial charge in [0.15, 0.2) is 10.8 Å². The lowest BCUT2D eigenvalue weighted by Gasteiger charge is -2.02. The number of aromatic nitrogens is 3. The van der Waals surface area contributed by atoms with Crippen LogP contribution < -0.4 is 5.32 Å². The van der Waals surface area contributed by atoms with Gasteiger partial charge in [0.2, 0.25) is 0 Å². The minimum atomic E-state index is -0.113. The van der Waals surface area contributed by atoms with Crippen LogP contribution in [0.25, 0.3) is 16.4 Å². The van der Waals surface area contributed by atoms with Gasteiger partial charge in [0.05, 0.1) is 11.4 Å². The maximum Gasteiger partial charge on any atom is 0.263 e. The normalized spacial score (nSPS) is 11.2. The highest BCUT2D eigenvalue weighted by Gasteiger charge is 2.17. The molecule has 132 valence electrons. The Morgan fingerprint density at radius 1 is 1.23 bits per heavy atom. The lowest BCUT2D eigenvalue weighted by molar-refractivity contribution is 0.0957. The Bertz CT molecular complexity index is 1040. The zero-order valence-corrected chi connectivity index (χ0v) is 15.3. The van der Waals surface area contributed by atoms with Crippen molar-refractivity contribution in [3.8, 4) is 10.8 Å². The van der Waals surface area contributed by atoms with E-state index in [2.05, 4.69) is 15.3 Å². The second kappa shape index (κ2) is 6.76. The number of nitrogens with zero attached hydrogens (tertiary/aromatic N) is 3. The standard InChI is InChI=1S/C19H18N4O2S/c1-12-6-7-15(25-12)19-21-13(2)17(26-19)18(24)20-9-8-14-11-23-10-4-3-5-16(23)22-14/h3-7,10-11H,8-9H2,1-2H3,(H,20,24). The van der Waals surface area contributed by atoms with Gasteiger partial charge in [-0.15, -0.1) is 11.3 Å². The number of amides is 1. The highest BCUT2D eigenvalue weighted by atomic mass is 32.1. The molecule has 4 rings (SSSR count). The first-order chi connectivity index (χ1) is 12.6. The van der Waals surface area contributed by atoms with Crippen molar-refractivity contribution in [1.29, 1.82) is 0 Å². The highest BCUT2D eigenvalue weighted by molar-refractivity contribution is 7.17. The Kier molecular flexibility index (Phi) is 4.30. The molecule has 0 saturated heterocycles. The molecule has 6 nitrogen and oxygen atoms in total. The third-order valence-electron chi connectivity index (χ3n) is 4.03. The van der Waals surface area contributed by atoms with Crippen LogP contribution in [0.3, 0.4) is 0 Å². The van der Waals surface area contributed by atoms with Crippen LogP contribution in [0.15, 0.2) is 47.1 Å². The number of pyridine rings is 1. The van der Waals surface area contributed by atoms with Crippen molar-refractivity contribution < 1.29 is 9.21 Å². The molecule has 26 heavy (non-hydrogen) atoms. The first-order valence-corrected chi connectivity index (χ1v) is 9.17. The van der Waals surface area contributed by atoms with Crippen LogP contribution >= 0.6 is 11.3 Å². The van der Waals surface area contributed by atoms with Gasteiger partial charge >= 0.3 is 0 Å². The van der Waals surface area contributed by atoms with Crippen LogP contribution in [0.5, 0.6) is 0 Å². The van der Waals surface area contributed by atoms with Gasteiger partial charge in [0.25, 0.3) is 5.91 Å². The predicted octanol–water partition coefficient (Wildman–Crippen LogP) is 3.64. The zero-order valence-electron chi connectivity index (χ0n) is 14.5. The van der Waals surface area contributed by atoms with E-state index in [0.29, 0.717) is 29.3 Å². The zero-order chi connectivity index (χ0) is 18.1. The Labute approximate surface area is 154 Å². The Morgan fingerprint density at radius 3 is 2.88 bits per heavy atom. The van der Waals surface area contributed by atoms with Crippen LogP contribution in [0.4, 0.5) is 0 Å². The number of thiazole rings is 1. The fourth-order valence-corrected chi connectivity index (χ4v) is 3.70. The summed E-state index contributed by atoms with van der Waals surface area (Å²) in [6, 6.07) is 9.64. The van der Waals surface area contributed by atoms with Gasteiger partial charge in [-0.05, 0) is 38.1 Å². The molecule has 0 bridgehead atoms. The molecule has 0 fully saturated rings. The first-order valence-electron chi connectivity index (χ1n) is 8.35. The molecule has 4 heterocycles. The monoisotopic (exact) mass is 366 g/mol. The molecule has 7 heteroatoms. The molecule has 0 aliphatic carbocycles. The number of carbonyl (C=O) groups excluding carboxylic acids is 1. The number of aryl methyl sites for hydroxylation is 2. The number of rotatable bonds is 5. The van der Waals surface area contributed by atoms with Gasteiger partial charge in [-0.1, -0.05) is 6.07 Å². The highest BCUT2D eigenvalue weighted by Crippen LogP contribution is 2.29. The van der Waals surface area contributed by atoms with Crippen molar-refractivity contribution in [2.24, 2.45) is 0 Å². The number of hydrogen-bond acceptors (Lipinski definition) is 5. The molecule has 0 spiro atoms. The molecule has 0 aromatic carbocycles. The number of nitrogens with one attached hydrogen (secondary N) is 1. The van der Waals surface area contributed by atoms with Gasteiger partial charge in [-0.2, -0.15) is 0 Å². The molecule has 4 aromatic rings. The quantitative estimate of drug-likeness (QED) is 0.585. The van der Waals surface area contributed by atoms with Crippen LogP contribution in [0.1, 0.15) is 26.8 Å². The Hall–Kier alpha value is -2.93. The summed E-state index contributed by atoms with van der Waals surface area (Å²) in [4.78, 5) is 22.1. The molecule has 0 aliphatic rings. The summed E-state index contributed by atoms with van der Waals surface area (Å²) >= 11 is 1.35. The van der Waals surface area contributed by atoms with Crippen LogP contribution in [0, 0.1) is 13.8 Å². The van der Waals surface area contributed by atoms with E-state index in [1.807, 2.05) is 61.0 Å². The van der Waals surface area contributed by atoms with E-state index in [4.69, 9.17) is 4.42 Å². The van der Waals surface area contributed by atoms with Crippen LogP contribution in [-0.4, -0.2) is 26.8 Å². The van der Waals surface area contributed by atoms with Gasteiger partial charge in [0.1, 0.15) is 16.3 Å². The first kappa shape index (κ1) is 16.5. The average Bonchev–Trinajstić information content (AvgIpc) is 3.32. The lowest BCUT2D eigenvalue weighted by Crippen LogP contribution is -2.25. The van der Waals surface area contributed by atoms with Crippen LogP contribution in [0.2, 0.25) is 0 Å². The Morgan fingerprint density at radius 2 is 2.12 bits per heavy atom. The van der Waals surface area contributed by atoms with E-state index in [9.17, 15) is 4.79 Å². The number of furan rings is 1. The smallest absolute Gasteiger partial charge is 0.263 e. The summed E-state index contributed by atoms with van der Waals surface area (Å²) in [5, 5.41) is 3.68. The molecule has 0 atom stereocenters. The largest absolute Gasteiger partial charge is 0.459 e. The summed E-state index contributed by atoms with van der Waals surface area (Å²) < 4.78 is 7.57. The van der Waals surface area contributed by atoms with Crippen molar-refractivity contribution in [2.45, 2.75) is 20.3 Å². The van der Waals surface area contributed by atoms with E-state index >= 15 is 0 Å². The second-order valence-electron chi connectivity index (χ2n) is 6.05. The van der Waals surface area contributed by atoms with E-state index in [-0.39, 0.29) is 5.91 Å². The maximum absolute atomic E-state index is 12.5. The van der Waals surface area contributed by atoms with Crippen LogP contribution in [-0.2, 0) is 6.42 Å². The summed E-state index contributed by atoms with van der Waals surface area (Å²) in [5.41, 5.74) is 2.57. The van der Waals surface area contributed by atoms with Gasteiger partial charge in [-0.25, -0.2) is 9.97 Å². The SMILES string of the molecule is Cc1ccc(-c2nc(C)c(C(=O)NCCc3cn4ccccc4n3)s2)o1. The van der Waals surface area contributed by atoms with Crippen molar-refractivity contribution in [3.05, 3.63) is 64.8 Å². The third-order valence-corrected chi connectivity index (χ3v) is 5.21. The van der Waals surface area contributed by atoms with Gasteiger partial charge in [0, 0.05) is 25.4 Å². The summed E-state index contributed by atoms with van der Waals surface area (Å²) in [6.45, 7) is 4.25. The minimum Gasteiger partial charge on any atom is -0.459 e. The number of fused-ring (bicyclic) bond motifs is 1. The van der Waals surface area contributed by atoms with Crippen molar-refractivity contribution in [3.63, 3.8) is 0 Å². The van der Waals surface area contributed by atoms with E-state index in [1.54, 1.807) is 0 Å². The van der Waals surface area contributed by atoms with E-state index < -0.39 is 0 Å². The number of hydrogen-bond donors (Lipinski definition) is 1. The van der Waals surface area contributed by atoms with Gasteiger partial charge < -0.3 is 14.1 Å². The fourth-order valence-electron chi connectivity index (χ4n) is 2.75. The molecular weight excluding hydrogens is 348 g/mol. The minimum absolute atomic E-state index is 0.113. The molecular formula is C19H18N4O2S. The third kappa shape index (κ3) is 3.25. The topological polar surface area (TPSA) is 72.4 Å². The van der Waals surface area contributed by atoms with Gasteiger partial charge in [-0.3, -0.25) is 4.79 Å². The fraction of sp³-hybridized carbons (Fsp3) is 0.211. The molecule has 4 aromatic heterocycles. The molecule has 0 saturated carbocycles. The van der Waals surface area contributed by atoms with E-state index in [1.165, 1.54) is 11.3 Å².